The van der Waals surface area contributed by atoms with Crippen molar-refractivity contribution in [3.05, 3.63) is 82.7 Å². The Bertz CT molecular complexity index is 1590. The predicted octanol–water partition coefficient (Wildman–Crippen LogP) is 4.65. The first-order chi connectivity index (χ1) is 17.0. The van der Waals surface area contributed by atoms with E-state index in [0.717, 1.165) is 38.0 Å². The van der Waals surface area contributed by atoms with E-state index in [4.69, 9.17) is 4.74 Å². The van der Waals surface area contributed by atoms with Crippen LogP contribution in [0, 0.1) is 5.82 Å². The number of ether oxygens (including phenoxy) is 1. The van der Waals surface area contributed by atoms with Crippen LogP contribution in [0.15, 0.2) is 60.2 Å². The zero-order valence-corrected chi connectivity index (χ0v) is 19.6. The van der Waals surface area contributed by atoms with Gasteiger partial charge in [-0.2, -0.15) is 5.10 Å². The van der Waals surface area contributed by atoms with Gasteiger partial charge in [-0.05, 0) is 40.8 Å². The van der Waals surface area contributed by atoms with Gasteiger partial charge in [0.05, 0.1) is 17.3 Å². The van der Waals surface area contributed by atoms with E-state index in [-0.39, 0.29) is 18.3 Å². The van der Waals surface area contributed by atoms with E-state index < -0.39 is 0 Å². The SMILES string of the molecule is Cn1cc(COc2cc(F)ccc2-c2nnc(-c3ccc4c(c3)CNC(=O)C4)c3ccsc23)cn1. The summed E-state index contributed by atoms with van der Waals surface area (Å²) < 4.78 is 22.8. The first-order valence-electron chi connectivity index (χ1n) is 11.1. The Kier molecular flexibility index (Phi) is 5.26. The first kappa shape index (κ1) is 21.4. The number of halogens is 1. The molecule has 174 valence electrons. The van der Waals surface area contributed by atoms with E-state index in [0.29, 0.717) is 30.0 Å². The summed E-state index contributed by atoms with van der Waals surface area (Å²) in [4.78, 5) is 11.7. The highest BCUT2D eigenvalue weighted by Gasteiger charge is 2.20. The number of hydrogen-bond donors (Lipinski definition) is 1. The molecule has 1 amide bonds. The highest BCUT2D eigenvalue weighted by molar-refractivity contribution is 7.17. The number of nitrogens with one attached hydrogen (secondary N) is 1. The summed E-state index contributed by atoms with van der Waals surface area (Å²) in [6, 6.07) is 12.5. The van der Waals surface area contributed by atoms with Crippen molar-refractivity contribution in [1.29, 1.82) is 0 Å². The topological polar surface area (TPSA) is 81.9 Å². The van der Waals surface area contributed by atoms with Gasteiger partial charge in [-0.3, -0.25) is 9.48 Å². The largest absolute Gasteiger partial charge is 0.488 e. The Morgan fingerprint density at radius 2 is 2.00 bits per heavy atom. The zero-order chi connectivity index (χ0) is 23.9. The highest BCUT2D eigenvalue weighted by Crippen LogP contribution is 2.39. The summed E-state index contributed by atoms with van der Waals surface area (Å²) in [6.07, 6.45) is 3.96. The average Bonchev–Trinajstić information content (AvgIpc) is 3.51. The fraction of sp³-hybridized carbons (Fsp3) is 0.154. The van der Waals surface area contributed by atoms with Gasteiger partial charge in [-0.1, -0.05) is 12.1 Å². The van der Waals surface area contributed by atoms with Crippen molar-refractivity contribution in [2.24, 2.45) is 7.05 Å². The number of fused-ring (bicyclic) bond motifs is 2. The Labute approximate surface area is 204 Å². The molecule has 3 aromatic heterocycles. The molecule has 35 heavy (non-hydrogen) atoms. The molecule has 0 fully saturated rings. The zero-order valence-electron chi connectivity index (χ0n) is 18.8. The maximum atomic E-state index is 14.1. The second-order valence-electron chi connectivity index (χ2n) is 8.45. The van der Waals surface area contributed by atoms with Gasteiger partial charge in [0.1, 0.15) is 29.6 Å². The number of rotatable bonds is 5. The molecule has 5 aromatic rings. The quantitative estimate of drug-likeness (QED) is 0.392. The predicted molar refractivity (Wildman–Crippen MR) is 131 cm³/mol. The molecule has 4 heterocycles. The number of carbonyl (C=O) groups excluding carboxylic acids is 1. The fourth-order valence-electron chi connectivity index (χ4n) is 4.33. The normalized spacial score (nSPS) is 13.0. The third-order valence-electron chi connectivity index (χ3n) is 6.04. The second kappa shape index (κ2) is 8.59. The minimum Gasteiger partial charge on any atom is -0.488 e. The van der Waals surface area contributed by atoms with Crippen molar-refractivity contribution < 1.29 is 13.9 Å². The van der Waals surface area contributed by atoms with Crippen LogP contribution in [0.3, 0.4) is 0 Å². The summed E-state index contributed by atoms with van der Waals surface area (Å²) in [5, 5.41) is 19.2. The van der Waals surface area contributed by atoms with Gasteiger partial charge in [0.25, 0.3) is 0 Å². The molecule has 0 radical (unpaired) electrons. The number of benzene rings is 2. The molecule has 0 spiro atoms. The van der Waals surface area contributed by atoms with Crippen LogP contribution in [0.2, 0.25) is 0 Å². The van der Waals surface area contributed by atoms with E-state index in [2.05, 4.69) is 26.7 Å². The molecular weight excluding hydrogens is 465 g/mol. The van der Waals surface area contributed by atoms with Gasteiger partial charge in [0, 0.05) is 47.9 Å². The summed E-state index contributed by atoms with van der Waals surface area (Å²) >= 11 is 1.56. The molecule has 7 nitrogen and oxygen atoms in total. The number of aryl methyl sites for hydroxylation is 1. The monoisotopic (exact) mass is 485 g/mol. The molecule has 0 aliphatic carbocycles. The average molecular weight is 486 g/mol. The molecule has 2 aromatic carbocycles. The van der Waals surface area contributed by atoms with Crippen LogP contribution in [0.4, 0.5) is 4.39 Å². The van der Waals surface area contributed by atoms with Crippen molar-refractivity contribution in [3.63, 3.8) is 0 Å². The third kappa shape index (κ3) is 4.04. The van der Waals surface area contributed by atoms with Crippen LogP contribution in [0.25, 0.3) is 32.6 Å². The summed E-state index contributed by atoms with van der Waals surface area (Å²) in [5.74, 6) is 0.0497. The summed E-state index contributed by atoms with van der Waals surface area (Å²) in [5.41, 5.74) is 6.03. The lowest BCUT2D eigenvalue weighted by Crippen LogP contribution is -2.30. The third-order valence-corrected chi connectivity index (χ3v) is 6.96. The maximum absolute atomic E-state index is 14.1. The van der Waals surface area contributed by atoms with Crippen LogP contribution < -0.4 is 10.1 Å². The van der Waals surface area contributed by atoms with Gasteiger partial charge >= 0.3 is 0 Å². The molecular formula is C26H20FN5O2S. The fourth-order valence-corrected chi connectivity index (χ4v) is 5.22. The van der Waals surface area contributed by atoms with Crippen molar-refractivity contribution in [3.8, 4) is 28.3 Å². The van der Waals surface area contributed by atoms with Crippen molar-refractivity contribution in [2.45, 2.75) is 19.6 Å². The standard InChI is InChI=1S/C26H20FN5O2S/c1-32-13-15(11-29-32)14-34-22-10-19(27)4-5-20(22)25-26-21(6-7-35-26)24(30-31-25)17-3-2-16-9-23(33)28-12-18(16)8-17/h2-8,10-11,13H,9,12,14H2,1H3,(H,28,33). The summed E-state index contributed by atoms with van der Waals surface area (Å²) in [7, 11) is 1.83. The molecule has 1 N–H and O–H groups in total. The van der Waals surface area contributed by atoms with E-state index in [1.807, 2.05) is 36.8 Å². The number of aromatic nitrogens is 4. The molecule has 0 saturated heterocycles. The first-order valence-corrected chi connectivity index (χ1v) is 12.0. The maximum Gasteiger partial charge on any atom is 0.224 e. The molecule has 6 rings (SSSR count). The van der Waals surface area contributed by atoms with Crippen molar-refractivity contribution >= 4 is 27.3 Å². The van der Waals surface area contributed by atoms with E-state index >= 15 is 0 Å². The molecule has 0 unspecified atom stereocenters. The molecule has 9 heteroatoms. The van der Waals surface area contributed by atoms with Crippen molar-refractivity contribution in [1.82, 2.24) is 25.3 Å². The Morgan fingerprint density at radius 1 is 1.11 bits per heavy atom. The number of nitrogens with zero attached hydrogens (tertiary/aromatic N) is 4. The molecule has 0 atom stereocenters. The smallest absolute Gasteiger partial charge is 0.224 e. The van der Waals surface area contributed by atoms with Gasteiger partial charge in [-0.15, -0.1) is 21.5 Å². The van der Waals surface area contributed by atoms with Crippen LogP contribution in [-0.4, -0.2) is 25.9 Å². The van der Waals surface area contributed by atoms with Crippen LogP contribution in [0.5, 0.6) is 5.75 Å². The molecule has 1 aliphatic rings. The lowest BCUT2D eigenvalue weighted by molar-refractivity contribution is -0.121. The Hall–Kier alpha value is -4.11. The van der Waals surface area contributed by atoms with Gasteiger partial charge in [-0.25, -0.2) is 4.39 Å². The van der Waals surface area contributed by atoms with Crippen LogP contribution >= 0.6 is 11.3 Å². The van der Waals surface area contributed by atoms with E-state index in [1.54, 1.807) is 28.3 Å². The molecule has 1 aliphatic heterocycles. The lowest BCUT2D eigenvalue weighted by Gasteiger charge is -2.17. The Balaban J connectivity index is 1.40. The van der Waals surface area contributed by atoms with Gasteiger partial charge < -0.3 is 10.1 Å². The number of thiophene rings is 1. The van der Waals surface area contributed by atoms with Gasteiger partial charge in [0.15, 0.2) is 0 Å². The van der Waals surface area contributed by atoms with E-state index in [9.17, 15) is 9.18 Å². The van der Waals surface area contributed by atoms with Crippen molar-refractivity contribution in [2.75, 3.05) is 0 Å². The molecule has 0 bridgehead atoms. The van der Waals surface area contributed by atoms with Gasteiger partial charge in [0.2, 0.25) is 5.91 Å². The van der Waals surface area contributed by atoms with E-state index in [1.165, 1.54) is 12.1 Å². The number of carbonyl (C=O) groups is 1. The number of amides is 1. The Morgan fingerprint density at radius 3 is 2.86 bits per heavy atom. The highest BCUT2D eigenvalue weighted by atomic mass is 32.1. The van der Waals surface area contributed by atoms with Crippen LogP contribution in [-0.2, 0) is 31.4 Å². The minimum absolute atomic E-state index is 0.0375. The minimum atomic E-state index is -0.386. The second-order valence-corrected chi connectivity index (χ2v) is 9.37. The summed E-state index contributed by atoms with van der Waals surface area (Å²) in [6.45, 7) is 0.766. The number of hydrogen-bond acceptors (Lipinski definition) is 6. The molecule has 0 saturated carbocycles. The van der Waals surface area contributed by atoms with Crippen LogP contribution in [0.1, 0.15) is 16.7 Å². The lowest BCUT2D eigenvalue weighted by atomic mass is 9.96.